The first-order valence-electron chi connectivity index (χ1n) is 5.24. The molecule has 1 aromatic carbocycles. The van der Waals surface area contributed by atoms with Gasteiger partial charge in [0.15, 0.2) is 9.84 Å². The van der Waals surface area contributed by atoms with E-state index in [9.17, 15) is 13.2 Å². The third-order valence-corrected chi connectivity index (χ3v) is 3.78. The Labute approximate surface area is 101 Å². The lowest BCUT2D eigenvalue weighted by Crippen LogP contribution is -2.31. The molecule has 1 aromatic rings. The summed E-state index contributed by atoms with van der Waals surface area (Å²) >= 11 is 0. The molecule has 0 aromatic heterocycles. The van der Waals surface area contributed by atoms with Crippen LogP contribution in [0.4, 0.5) is 4.79 Å². The number of benzene rings is 1. The zero-order valence-corrected chi connectivity index (χ0v) is 10.4. The summed E-state index contributed by atoms with van der Waals surface area (Å²) in [5, 5.41) is 2.38. The minimum Gasteiger partial charge on any atom is -0.410 e. The van der Waals surface area contributed by atoms with Gasteiger partial charge in [-0.25, -0.2) is 13.2 Å². The molecule has 0 unspecified atom stereocenters. The highest BCUT2D eigenvalue weighted by Crippen LogP contribution is 2.07. The van der Waals surface area contributed by atoms with Crippen molar-refractivity contribution in [3.05, 3.63) is 30.3 Å². The molecule has 94 valence electrons. The average Bonchev–Trinajstić information content (AvgIpc) is 2.30. The molecule has 0 spiro atoms. The first-order valence-corrected chi connectivity index (χ1v) is 7.07. The molecule has 0 saturated heterocycles. The molecule has 0 radical (unpaired) electrons. The van der Waals surface area contributed by atoms with Crippen molar-refractivity contribution in [2.24, 2.45) is 0 Å². The molecule has 1 rings (SSSR count). The van der Waals surface area contributed by atoms with E-state index >= 15 is 0 Å². The number of ether oxygens (including phenoxy) is 1. The summed E-state index contributed by atoms with van der Waals surface area (Å²) in [6.07, 6.45) is -0.650. The van der Waals surface area contributed by atoms with E-state index < -0.39 is 15.9 Å². The number of hydrogen-bond acceptors (Lipinski definition) is 4. The molecule has 0 fully saturated rings. The van der Waals surface area contributed by atoms with E-state index in [0.29, 0.717) is 5.75 Å². The summed E-state index contributed by atoms with van der Waals surface area (Å²) in [4.78, 5) is 11.3. The maximum absolute atomic E-state index is 11.3. The maximum atomic E-state index is 11.3. The molecule has 1 N–H and O–H groups in total. The summed E-state index contributed by atoms with van der Waals surface area (Å²) < 4.78 is 27.2. The number of sulfone groups is 1. The minimum atomic E-state index is -3.06. The predicted octanol–water partition coefficient (Wildman–Crippen LogP) is 1.21. The van der Waals surface area contributed by atoms with Gasteiger partial charge in [-0.05, 0) is 12.1 Å². The molecule has 0 saturated carbocycles. The molecule has 6 heteroatoms. The Bertz CT molecular complexity index is 456. The number of nitrogens with one attached hydrogen (secondary N) is 1. The number of para-hydroxylation sites is 1. The Balaban J connectivity index is 2.32. The van der Waals surface area contributed by atoms with Gasteiger partial charge in [0, 0.05) is 12.3 Å². The summed E-state index contributed by atoms with van der Waals surface area (Å²) in [5.74, 6) is 0.416. The van der Waals surface area contributed by atoms with Gasteiger partial charge in [0.2, 0.25) is 0 Å². The molecular formula is C11H15NO4S. The van der Waals surface area contributed by atoms with Gasteiger partial charge >= 0.3 is 6.09 Å². The van der Waals surface area contributed by atoms with Crippen LogP contribution in [0.5, 0.6) is 5.75 Å². The van der Waals surface area contributed by atoms with E-state index in [0.717, 1.165) is 0 Å². The van der Waals surface area contributed by atoms with Gasteiger partial charge in [-0.15, -0.1) is 0 Å². The molecule has 0 bridgehead atoms. The Morgan fingerprint density at radius 3 is 2.53 bits per heavy atom. The molecule has 0 heterocycles. The van der Waals surface area contributed by atoms with E-state index in [1.54, 1.807) is 37.3 Å². The van der Waals surface area contributed by atoms with Crippen LogP contribution in [0.15, 0.2) is 30.3 Å². The second kappa shape index (κ2) is 6.24. The Kier molecular flexibility index (Phi) is 4.96. The molecule has 5 nitrogen and oxygen atoms in total. The summed E-state index contributed by atoms with van der Waals surface area (Å²) in [6.45, 7) is 1.62. The fourth-order valence-electron chi connectivity index (χ4n) is 1.08. The SMILES string of the molecule is CCS(=O)(=O)CCNC(=O)Oc1ccccc1. The van der Waals surface area contributed by atoms with Gasteiger partial charge in [-0.2, -0.15) is 0 Å². The lowest BCUT2D eigenvalue weighted by atomic mass is 10.3. The van der Waals surface area contributed by atoms with Crippen LogP contribution in [-0.2, 0) is 9.84 Å². The van der Waals surface area contributed by atoms with E-state index in [-0.39, 0.29) is 18.1 Å². The van der Waals surface area contributed by atoms with Crippen molar-refractivity contribution in [2.75, 3.05) is 18.1 Å². The largest absolute Gasteiger partial charge is 0.412 e. The smallest absolute Gasteiger partial charge is 0.410 e. The number of amides is 1. The molecule has 0 aliphatic carbocycles. The topological polar surface area (TPSA) is 72.5 Å². The molecular weight excluding hydrogens is 242 g/mol. The molecule has 17 heavy (non-hydrogen) atoms. The van der Waals surface area contributed by atoms with Crippen molar-refractivity contribution < 1.29 is 17.9 Å². The number of rotatable bonds is 5. The van der Waals surface area contributed by atoms with Crippen molar-refractivity contribution in [2.45, 2.75) is 6.92 Å². The van der Waals surface area contributed by atoms with Crippen LogP contribution in [0, 0.1) is 0 Å². The van der Waals surface area contributed by atoms with Crippen LogP contribution in [0.2, 0.25) is 0 Å². The van der Waals surface area contributed by atoms with Crippen LogP contribution in [0.25, 0.3) is 0 Å². The van der Waals surface area contributed by atoms with E-state index in [4.69, 9.17) is 4.74 Å². The molecule has 1 amide bonds. The lowest BCUT2D eigenvalue weighted by molar-refractivity contribution is 0.201. The van der Waals surface area contributed by atoms with Crippen molar-refractivity contribution >= 4 is 15.9 Å². The third kappa shape index (κ3) is 5.35. The van der Waals surface area contributed by atoms with E-state index in [1.807, 2.05) is 0 Å². The van der Waals surface area contributed by atoms with Gasteiger partial charge in [0.1, 0.15) is 5.75 Å². The highest BCUT2D eigenvalue weighted by atomic mass is 32.2. The van der Waals surface area contributed by atoms with Crippen LogP contribution in [0.3, 0.4) is 0 Å². The summed E-state index contributed by atoms with van der Waals surface area (Å²) in [7, 11) is -3.06. The fraction of sp³-hybridized carbons (Fsp3) is 0.364. The highest BCUT2D eigenvalue weighted by molar-refractivity contribution is 7.91. The predicted molar refractivity (Wildman–Crippen MR) is 64.8 cm³/mol. The van der Waals surface area contributed by atoms with Crippen molar-refractivity contribution in [1.29, 1.82) is 0 Å². The number of carbonyl (C=O) groups is 1. The average molecular weight is 257 g/mol. The van der Waals surface area contributed by atoms with Gasteiger partial charge < -0.3 is 10.1 Å². The number of carbonyl (C=O) groups excluding carboxylic acids is 1. The second-order valence-corrected chi connectivity index (χ2v) is 5.84. The van der Waals surface area contributed by atoms with Crippen molar-refractivity contribution in [3.63, 3.8) is 0 Å². The Hall–Kier alpha value is -1.56. The zero-order chi connectivity index (χ0) is 12.7. The summed E-state index contributed by atoms with van der Waals surface area (Å²) in [5.41, 5.74) is 0. The number of hydrogen-bond donors (Lipinski definition) is 1. The van der Waals surface area contributed by atoms with Gasteiger partial charge in [-0.3, -0.25) is 0 Å². The summed E-state index contributed by atoms with van der Waals surface area (Å²) in [6, 6.07) is 8.57. The first-order chi connectivity index (χ1) is 8.03. The van der Waals surface area contributed by atoms with E-state index in [1.165, 1.54) is 0 Å². The van der Waals surface area contributed by atoms with Gasteiger partial charge in [0.25, 0.3) is 0 Å². The van der Waals surface area contributed by atoms with Crippen molar-refractivity contribution in [3.8, 4) is 5.75 Å². The fourth-order valence-corrected chi connectivity index (χ4v) is 1.79. The van der Waals surface area contributed by atoms with Gasteiger partial charge in [-0.1, -0.05) is 25.1 Å². The van der Waals surface area contributed by atoms with Crippen molar-refractivity contribution in [1.82, 2.24) is 5.32 Å². The Morgan fingerprint density at radius 1 is 1.29 bits per heavy atom. The lowest BCUT2D eigenvalue weighted by Gasteiger charge is -2.06. The first kappa shape index (κ1) is 13.5. The second-order valence-electron chi connectivity index (χ2n) is 3.37. The normalized spacial score (nSPS) is 10.9. The monoisotopic (exact) mass is 257 g/mol. The van der Waals surface area contributed by atoms with E-state index in [2.05, 4.69) is 5.32 Å². The quantitative estimate of drug-likeness (QED) is 0.860. The molecule has 0 aliphatic rings. The highest BCUT2D eigenvalue weighted by Gasteiger charge is 2.09. The van der Waals surface area contributed by atoms with Crippen LogP contribution in [-0.4, -0.2) is 32.6 Å². The third-order valence-electron chi connectivity index (χ3n) is 2.08. The molecule has 0 aliphatic heterocycles. The Morgan fingerprint density at radius 2 is 1.94 bits per heavy atom. The van der Waals surface area contributed by atoms with Gasteiger partial charge in [0.05, 0.1) is 5.75 Å². The minimum absolute atomic E-state index is 0.0574. The standard InChI is InChI=1S/C11H15NO4S/c1-2-17(14,15)9-8-12-11(13)16-10-6-4-3-5-7-10/h3-7H,2,8-9H2,1H3,(H,12,13). The maximum Gasteiger partial charge on any atom is 0.412 e. The van der Waals surface area contributed by atoms with Crippen LogP contribution < -0.4 is 10.1 Å². The molecule has 0 atom stereocenters. The zero-order valence-electron chi connectivity index (χ0n) is 9.55. The van der Waals surface area contributed by atoms with Crippen LogP contribution >= 0.6 is 0 Å². The van der Waals surface area contributed by atoms with Crippen LogP contribution in [0.1, 0.15) is 6.92 Å².